The average molecular weight is 384 g/mol. The molecule has 2 aromatic heterocycles. The fourth-order valence-electron chi connectivity index (χ4n) is 2.70. The van der Waals surface area contributed by atoms with Crippen LogP contribution in [0.5, 0.6) is 0 Å². The largest absolute Gasteiger partial charge is 0.453 e. The Labute approximate surface area is 152 Å². The van der Waals surface area contributed by atoms with Crippen LogP contribution in [0.2, 0.25) is 0 Å². The second-order valence-electron chi connectivity index (χ2n) is 6.52. The second-order valence-corrected chi connectivity index (χ2v) is 6.52. The molecule has 2 amide bonds. The lowest BCUT2D eigenvalue weighted by Gasteiger charge is -2.10. The van der Waals surface area contributed by atoms with E-state index in [2.05, 4.69) is 25.7 Å². The molecule has 3 rings (SSSR count). The number of aromatic nitrogens is 4. The predicted molar refractivity (Wildman–Crippen MR) is 87.8 cm³/mol. The van der Waals surface area contributed by atoms with Crippen LogP contribution in [-0.4, -0.2) is 44.0 Å². The molecule has 0 unspecified atom stereocenters. The van der Waals surface area contributed by atoms with Crippen LogP contribution >= 0.6 is 0 Å². The van der Waals surface area contributed by atoms with Crippen molar-refractivity contribution in [3.8, 4) is 0 Å². The molecule has 0 aromatic carbocycles. The first-order chi connectivity index (χ1) is 12.6. The minimum Gasteiger partial charge on any atom is -0.352 e. The van der Waals surface area contributed by atoms with E-state index in [9.17, 15) is 22.8 Å². The highest BCUT2D eigenvalue weighted by molar-refractivity contribution is 5.85. The quantitative estimate of drug-likeness (QED) is 0.776. The van der Waals surface area contributed by atoms with Gasteiger partial charge in [0, 0.05) is 23.9 Å². The lowest BCUT2D eigenvalue weighted by molar-refractivity contribution is -0.144. The molecule has 0 bridgehead atoms. The summed E-state index contributed by atoms with van der Waals surface area (Å²) in [5.41, 5.74) is 1.55. The van der Waals surface area contributed by atoms with Crippen LogP contribution in [0.4, 0.5) is 13.2 Å². The lowest BCUT2D eigenvalue weighted by atomic mass is 10.1. The molecule has 1 saturated carbocycles. The number of carbonyl (C=O) groups excluding carboxylic acids is 2. The van der Waals surface area contributed by atoms with E-state index in [-0.39, 0.29) is 43.0 Å². The first-order valence-electron chi connectivity index (χ1n) is 8.51. The van der Waals surface area contributed by atoms with Crippen LogP contribution in [-0.2, 0) is 22.2 Å². The summed E-state index contributed by atoms with van der Waals surface area (Å²) in [6.45, 7) is 3.15. The van der Waals surface area contributed by atoms with Gasteiger partial charge in [-0.05, 0) is 38.7 Å². The summed E-state index contributed by atoms with van der Waals surface area (Å²) >= 11 is 0. The lowest BCUT2D eigenvalue weighted by Crippen LogP contribution is -2.37. The van der Waals surface area contributed by atoms with Gasteiger partial charge in [0.15, 0.2) is 0 Å². The van der Waals surface area contributed by atoms with Gasteiger partial charge in [0.1, 0.15) is 0 Å². The zero-order chi connectivity index (χ0) is 19.8. The highest BCUT2D eigenvalue weighted by atomic mass is 19.4. The number of halogens is 3. The van der Waals surface area contributed by atoms with E-state index in [0.717, 1.165) is 17.4 Å². The van der Waals surface area contributed by atoms with E-state index in [0.29, 0.717) is 17.0 Å². The van der Waals surface area contributed by atoms with Gasteiger partial charge in [-0.3, -0.25) is 9.59 Å². The molecule has 0 spiro atoms. The van der Waals surface area contributed by atoms with Gasteiger partial charge in [0.25, 0.3) is 11.6 Å². The van der Waals surface area contributed by atoms with Crippen molar-refractivity contribution in [2.45, 2.75) is 51.7 Å². The van der Waals surface area contributed by atoms with E-state index in [4.69, 9.17) is 0 Å². The summed E-state index contributed by atoms with van der Waals surface area (Å²) in [6.07, 6.45) is -2.39. The third-order valence-electron chi connectivity index (χ3n) is 4.29. The van der Waals surface area contributed by atoms with Crippen molar-refractivity contribution in [2.75, 3.05) is 6.54 Å². The number of aryl methyl sites for hydroxylation is 2. The summed E-state index contributed by atoms with van der Waals surface area (Å²) in [6, 6.07) is 0.224. The molecule has 11 heteroatoms. The molecule has 1 fully saturated rings. The van der Waals surface area contributed by atoms with E-state index in [1.54, 1.807) is 13.8 Å². The maximum absolute atomic E-state index is 12.8. The molecule has 0 atom stereocenters. The SMILES string of the molecule is Cc1nc2nc(C(F)(F)F)nn2c(C)c1CCC(=O)NCC(=O)NC1CC1. The van der Waals surface area contributed by atoms with Crippen molar-refractivity contribution in [1.82, 2.24) is 30.2 Å². The average Bonchev–Trinajstić information content (AvgIpc) is 3.27. The molecule has 2 aromatic rings. The van der Waals surface area contributed by atoms with Gasteiger partial charge in [-0.1, -0.05) is 0 Å². The van der Waals surface area contributed by atoms with Gasteiger partial charge in [0.2, 0.25) is 11.8 Å². The van der Waals surface area contributed by atoms with Crippen LogP contribution < -0.4 is 10.6 Å². The van der Waals surface area contributed by atoms with Crippen molar-refractivity contribution in [2.24, 2.45) is 0 Å². The maximum Gasteiger partial charge on any atom is 0.453 e. The van der Waals surface area contributed by atoms with Crippen molar-refractivity contribution < 1.29 is 22.8 Å². The van der Waals surface area contributed by atoms with Crippen LogP contribution in [0, 0.1) is 13.8 Å². The van der Waals surface area contributed by atoms with E-state index in [1.165, 1.54) is 0 Å². The van der Waals surface area contributed by atoms with E-state index in [1.807, 2.05) is 0 Å². The number of rotatable bonds is 6. The maximum atomic E-state index is 12.8. The fraction of sp³-hybridized carbons (Fsp3) is 0.562. The normalized spacial score (nSPS) is 14.4. The third-order valence-corrected chi connectivity index (χ3v) is 4.29. The Balaban J connectivity index is 1.65. The molecule has 1 aliphatic rings. The highest BCUT2D eigenvalue weighted by Gasteiger charge is 2.37. The summed E-state index contributed by atoms with van der Waals surface area (Å²) in [7, 11) is 0. The number of nitrogens with one attached hydrogen (secondary N) is 2. The predicted octanol–water partition coefficient (Wildman–Crippen LogP) is 1.09. The number of nitrogens with zero attached hydrogens (tertiary/aromatic N) is 4. The van der Waals surface area contributed by atoms with Crippen molar-refractivity contribution in [1.29, 1.82) is 0 Å². The number of fused-ring (bicyclic) bond motifs is 1. The summed E-state index contributed by atoms with van der Waals surface area (Å²) in [5.74, 6) is -1.95. The summed E-state index contributed by atoms with van der Waals surface area (Å²) in [5, 5.41) is 8.76. The number of carbonyl (C=O) groups is 2. The topological polar surface area (TPSA) is 101 Å². The van der Waals surface area contributed by atoms with E-state index >= 15 is 0 Å². The van der Waals surface area contributed by atoms with Crippen molar-refractivity contribution in [3.05, 3.63) is 22.8 Å². The highest BCUT2D eigenvalue weighted by Crippen LogP contribution is 2.27. The molecule has 2 heterocycles. The fourth-order valence-corrected chi connectivity index (χ4v) is 2.70. The monoisotopic (exact) mass is 384 g/mol. The van der Waals surface area contributed by atoms with Crippen LogP contribution in [0.15, 0.2) is 0 Å². The molecule has 0 aliphatic heterocycles. The smallest absolute Gasteiger partial charge is 0.352 e. The first-order valence-corrected chi connectivity index (χ1v) is 8.51. The summed E-state index contributed by atoms with van der Waals surface area (Å²) in [4.78, 5) is 31.0. The Hall–Kier alpha value is -2.72. The van der Waals surface area contributed by atoms with Gasteiger partial charge in [-0.25, -0.2) is 9.50 Å². The van der Waals surface area contributed by atoms with Crippen LogP contribution in [0.1, 0.15) is 42.0 Å². The molecule has 0 radical (unpaired) electrons. The van der Waals surface area contributed by atoms with Gasteiger partial charge in [0.05, 0.1) is 6.54 Å². The minimum absolute atomic E-state index is 0.0758. The Kier molecular flexibility index (Phi) is 5.03. The van der Waals surface area contributed by atoms with Crippen LogP contribution in [0.25, 0.3) is 5.78 Å². The Morgan fingerprint density at radius 2 is 1.89 bits per heavy atom. The number of amides is 2. The van der Waals surface area contributed by atoms with Crippen molar-refractivity contribution >= 4 is 17.6 Å². The number of hydrogen-bond donors (Lipinski definition) is 2. The van der Waals surface area contributed by atoms with Crippen molar-refractivity contribution in [3.63, 3.8) is 0 Å². The Morgan fingerprint density at radius 1 is 1.19 bits per heavy atom. The van der Waals surface area contributed by atoms with Gasteiger partial charge in [-0.15, -0.1) is 5.10 Å². The standard InChI is InChI=1S/C16H19F3N6O2/c1-8-11(5-6-12(26)20-7-13(27)22-10-3-4-10)9(2)25-15(21-8)23-14(24-25)16(17,18)19/h10H,3-7H2,1-2H3,(H,20,26)(H,22,27). The molecule has 8 nitrogen and oxygen atoms in total. The molecular formula is C16H19F3N6O2. The molecule has 146 valence electrons. The summed E-state index contributed by atoms with van der Waals surface area (Å²) < 4.78 is 39.4. The van der Waals surface area contributed by atoms with Crippen LogP contribution in [0.3, 0.4) is 0 Å². The minimum atomic E-state index is -4.66. The third kappa shape index (κ3) is 4.52. The molecule has 2 N–H and O–H groups in total. The number of hydrogen-bond acceptors (Lipinski definition) is 5. The Morgan fingerprint density at radius 3 is 2.52 bits per heavy atom. The Bertz CT molecular complexity index is 888. The van der Waals surface area contributed by atoms with Gasteiger partial charge in [-0.2, -0.15) is 18.2 Å². The number of alkyl halides is 3. The van der Waals surface area contributed by atoms with Gasteiger partial charge < -0.3 is 10.6 Å². The van der Waals surface area contributed by atoms with E-state index < -0.39 is 12.0 Å². The second kappa shape index (κ2) is 7.12. The molecular weight excluding hydrogens is 365 g/mol. The molecule has 27 heavy (non-hydrogen) atoms. The first kappa shape index (κ1) is 19.1. The zero-order valence-electron chi connectivity index (χ0n) is 14.9. The molecule has 1 aliphatic carbocycles. The molecule has 0 saturated heterocycles. The van der Waals surface area contributed by atoms with Gasteiger partial charge >= 0.3 is 6.18 Å². The zero-order valence-corrected chi connectivity index (χ0v) is 14.9.